The van der Waals surface area contributed by atoms with Crippen LogP contribution < -0.4 is 0 Å². The quantitative estimate of drug-likeness (QED) is 0.452. The van der Waals surface area contributed by atoms with Crippen LogP contribution in [0.2, 0.25) is 0 Å². The van der Waals surface area contributed by atoms with Crippen LogP contribution in [0.25, 0.3) is 0 Å². The van der Waals surface area contributed by atoms with E-state index in [1.807, 2.05) is 0 Å². The molecule has 2 saturated heterocycles. The Bertz CT molecular complexity index is 757. The van der Waals surface area contributed by atoms with Gasteiger partial charge in [0.05, 0.1) is 18.1 Å². The molecule has 3 heterocycles. The SMILES string of the molecule is CC(=O)OC[C@]12CCC(C)=C[C@H]1O[C@@H]1[C@@]3(O)N=C(C)O[C@H]3[C@@]2(C)[C@]12CO2. The van der Waals surface area contributed by atoms with Gasteiger partial charge in [0.15, 0.2) is 12.0 Å². The first-order valence-corrected chi connectivity index (χ1v) is 9.25. The highest BCUT2D eigenvalue weighted by atomic mass is 16.7. The molecule has 2 bridgehead atoms. The number of carbonyl (C=O) groups excluding carboxylic acids is 1. The molecule has 1 spiro atoms. The third-order valence-corrected chi connectivity index (χ3v) is 7.48. The summed E-state index contributed by atoms with van der Waals surface area (Å²) in [6.45, 7) is 8.03. The molecule has 0 amide bonds. The first kappa shape index (κ1) is 16.7. The maximum atomic E-state index is 11.6. The second-order valence-corrected chi connectivity index (χ2v) is 8.68. The second kappa shape index (κ2) is 4.69. The summed E-state index contributed by atoms with van der Waals surface area (Å²) in [6.07, 6.45) is 2.29. The van der Waals surface area contributed by atoms with E-state index in [1.54, 1.807) is 6.92 Å². The van der Waals surface area contributed by atoms with Crippen molar-refractivity contribution in [3.63, 3.8) is 0 Å². The Morgan fingerprint density at radius 1 is 1.42 bits per heavy atom. The highest BCUT2D eigenvalue weighted by Crippen LogP contribution is 2.75. The van der Waals surface area contributed by atoms with Crippen molar-refractivity contribution < 1.29 is 28.8 Å². The number of hydrogen-bond acceptors (Lipinski definition) is 7. The lowest BCUT2D eigenvalue weighted by atomic mass is 9.51. The molecule has 0 aromatic heterocycles. The Kier molecular flexibility index (Phi) is 3.02. The summed E-state index contributed by atoms with van der Waals surface area (Å²) in [4.78, 5) is 16.1. The topological polar surface area (TPSA) is 89.9 Å². The summed E-state index contributed by atoms with van der Waals surface area (Å²) < 4.78 is 24.1. The lowest BCUT2D eigenvalue weighted by Gasteiger charge is -2.57. The molecule has 0 radical (unpaired) electrons. The molecular weight excluding hydrogens is 338 g/mol. The average molecular weight is 363 g/mol. The van der Waals surface area contributed by atoms with Crippen molar-refractivity contribution in [3.8, 4) is 0 Å². The van der Waals surface area contributed by atoms with Crippen LogP contribution in [0.1, 0.15) is 40.5 Å². The maximum Gasteiger partial charge on any atom is 0.302 e. The van der Waals surface area contributed by atoms with Crippen molar-refractivity contribution in [1.29, 1.82) is 0 Å². The Labute approximate surface area is 152 Å². The van der Waals surface area contributed by atoms with E-state index in [9.17, 15) is 9.90 Å². The molecule has 26 heavy (non-hydrogen) atoms. The number of allylic oxidation sites excluding steroid dienone is 1. The van der Waals surface area contributed by atoms with Gasteiger partial charge in [-0.25, -0.2) is 4.99 Å². The minimum atomic E-state index is -1.47. The summed E-state index contributed by atoms with van der Waals surface area (Å²) in [6, 6.07) is 0. The first-order chi connectivity index (χ1) is 12.2. The number of aliphatic hydroxyl groups is 1. The van der Waals surface area contributed by atoms with Gasteiger partial charge in [-0.3, -0.25) is 4.79 Å². The van der Waals surface area contributed by atoms with E-state index in [0.29, 0.717) is 12.5 Å². The van der Waals surface area contributed by atoms with Gasteiger partial charge in [-0.1, -0.05) is 18.6 Å². The van der Waals surface area contributed by atoms with Gasteiger partial charge in [-0.15, -0.1) is 0 Å². The standard InChI is InChI=1S/C19H25NO6/c1-10-5-6-17(8-23-12(3)21)13(7-10)26-15-18(9-24-18)16(17,4)14-19(15,22)20-11(2)25-14/h7,13-15,22H,5-6,8-9H2,1-4H3/t13-,14+,15+,16-,17-,18+,19-/m1/s1. The highest BCUT2D eigenvalue weighted by Gasteiger charge is 2.90. The molecule has 7 nitrogen and oxygen atoms in total. The normalized spacial score (nSPS) is 53.3. The van der Waals surface area contributed by atoms with Crippen molar-refractivity contribution >= 4 is 11.9 Å². The summed E-state index contributed by atoms with van der Waals surface area (Å²) in [7, 11) is 0. The molecule has 0 unspecified atom stereocenters. The fourth-order valence-corrected chi connectivity index (χ4v) is 6.06. The number of epoxide rings is 1. The van der Waals surface area contributed by atoms with Gasteiger partial charge in [-0.2, -0.15) is 0 Å². The van der Waals surface area contributed by atoms with E-state index in [0.717, 1.165) is 12.8 Å². The number of hydrogen-bond donors (Lipinski definition) is 1. The molecule has 0 aromatic carbocycles. The first-order valence-electron chi connectivity index (χ1n) is 9.25. The molecule has 3 fully saturated rings. The van der Waals surface area contributed by atoms with E-state index < -0.39 is 34.4 Å². The van der Waals surface area contributed by atoms with Crippen LogP contribution in [-0.2, 0) is 23.7 Å². The molecular formula is C19H25NO6. The fourth-order valence-electron chi connectivity index (χ4n) is 6.06. The van der Waals surface area contributed by atoms with Gasteiger partial charge in [0, 0.05) is 19.3 Å². The molecule has 142 valence electrons. The van der Waals surface area contributed by atoms with E-state index >= 15 is 0 Å². The van der Waals surface area contributed by atoms with E-state index in [-0.39, 0.29) is 18.7 Å². The van der Waals surface area contributed by atoms with Crippen LogP contribution in [0, 0.1) is 10.8 Å². The molecule has 1 N–H and O–H groups in total. The number of esters is 1. The van der Waals surface area contributed by atoms with Crippen LogP contribution in [0.5, 0.6) is 0 Å². The Morgan fingerprint density at radius 3 is 2.81 bits per heavy atom. The molecule has 3 aliphatic heterocycles. The van der Waals surface area contributed by atoms with Crippen molar-refractivity contribution in [2.24, 2.45) is 15.8 Å². The van der Waals surface area contributed by atoms with Crippen molar-refractivity contribution in [1.82, 2.24) is 0 Å². The van der Waals surface area contributed by atoms with Gasteiger partial charge in [0.1, 0.15) is 18.3 Å². The third-order valence-electron chi connectivity index (χ3n) is 7.48. The minimum absolute atomic E-state index is 0.208. The summed E-state index contributed by atoms with van der Waals surface area (Å²) >= 11 is 0. The summed E-state index contributed by atoms with van der Waals surface area (Å²) in [5, 5.41) is 11.5. The van der Waals surface area contributed by atoms with Crippen LogP contribution in [0.4, 0.5) is 0 Å². The number of nitrogens with zero attached hydrogens (tertiary/aromatic N) is 1. The van der Waals surface area contributed by atoms with Gasteiger partial charge in [0.2, 0.25) is 5.72 Å². The Balaban J connectivity index is 1.70. The summed E-state index contributed by atoms with van der Waals surface area (Å²) in [5.74, 6) is 0.130. The smallest absolute Gasteiger partial charge is 0.302 e. The number of ether oxygens (including phenoxy) is 4. The Morgan fingerprint density at radius 2 is 2.15 bits per heavy atom. The molecule has 0 aromatic rings. The zero-order chi connectivity index (χ0) is 18.5. The zero-order valence-electron chi connectivity index (χ0n) is 15.6. The van der Waals surface area contributed by atoms with Crippen LogP contribution in [-0.4, -0.2) is 59.8 Å². The zero-order valence-corrected chi connectivity index (χ0v) is 15.6. The van der Waals surface area contributed by atoms with Crippen molar-refractivity contribution in [3.05, 3.63) is 11.6 Å². The number of fused-ring (bicyclic) bond motifs is 5. The van der Waals surface area contributed by atoms with Crippen LogP contribution >= 0.6 is 0 Å². The molecule has 2 aliphatic carbocycles. The van der Waals surface area contributed by atoms with Gasteiger partial charge >= 0.3 is 5.97 Å². The summed E-state index contributed by atoms with van der Waals surface area (Å²) in [5.41, 5.74) is -2.04. The molecule has 1 saturated carbocycles. The fraction of sp³-hybridized carbons (Fsp3) is 0.789. The predicted octanol–water partition coefficient (Wildman–Crippen LogP) is 1.34. The maximum absolute atomic E-state index is 11.6. The predicted molar refractivity (Wildman–Crippen MR) is 90.4 cm³/mol. The average Bonchev–Trinajstić information content (AvgIpc) is 3.28. The molecule has 5 rings (SSSR count). The molecule has 7 atom stereocenters. The third kappa shape index (κ3) is 1.62. The van der Waals surface area contributed by atoms with Crippen LogP contribution in [0.3, 0.4) is 0 Å². The van der Waals surface area contributed by atoms with E-state index in [1.165, 1.54) is 12.5 Å². The van der Waals surface area contributed by atoms with Gasteiger partial charge in [0.25, 0.3) is 0 Å². The monoisotopic (exact) mass is 363 g/mol. The number of carbonyl (C=O) groups is 1. The largest absolute Gasteiger partial charge is 0.472 e. The van der Waals surface area contributed by atoms with E-state index in [4.69, 9.17) is 18.9 Å². The lowest BCUT2D eigenvalue weighted by molar-refractivity contribution is -0.233. The highest BCUT2D eigenvalue weighted by molar-refractivity contribution is 5.76. The van der Waals surface area contributed by atoms with Gasteiger partial charge in [-0.05, 0) is 19.8 Å². The number of rotatable bonds is 2. The Hall–Kier alpha value is -1.44. The molecule has 5 aliphatic rings. The number of aliphatic imine (C=N–C) groups is 1. The minimum Gasteiger partial charge on any atom is -0.472 e. The second-order valence-electron chi connectivity index (χ2n) is 8.68. The van der Waals surface area contributed by atoms with Crippen LogP contribution in [0.15, 0.2) is 16.6 Å². The molecule has 7 heteroatoms. The lowest BCUT2D eigenvalue weighted by Crippen LogP contribution is -2.66. The van der Waals surface area contributed by atoms with Crippen molar-refractivity contribution in [2.75, 3.05) is 13.2 Å². The van der Waals surface area contributed by atoms with Crippen molar-refractivity contribution in [2.45, 2.75) is 70.2 Å². The van der Waals surface area contributed by atoms with Gasteiger partial charge < -0.3 is 24.1 Å². The van der Waals surface area contributed by atoms with E-state index in [2.05, 4.69) is 24.9 Å².